The number of ketones is 1. The zero-order chi connectivity index (χ0) is 28.1. The third-order valence-electron chi connectivity index (χ3n) is 8.13. The summed E-state index contributed by atoms with van der Waals surface area (Å²) in [4.78, 5) is 39.5. The van der Waals surface area contributed by atoms with Crippen molar-refractivity contribution in [3.63, 3.8) is 0 Å². The van der Waals surface area contributed by atoms with Crippen molar-refractivity contribution in [2.45, 2.75) is 122 Å². The van der Waals surface area contributed by atoms with E-state index in [1.54, 1.807) is 6.92 Å². The molecule has 2 rings (SSSR count). The summed E-state index contributed by atoms with van der Waals surface area (Å²) in [5.74, 6) is -0.268. The first-order chi connectivity index (χ1) is 16.0. The van der Waals surface area contributed by atoms with Crippen LogP contribution in [-0.4, -0.2) is 61.5 Å². The molecule has 36 heavy (non-hydrogen) atoms. The highest BCUT2D eigenvalue weighted by Gasteiger charge is 2.60. The average molecular weight is 543 g/mol. The van der Waals surface area contributed by atoms with Crippen LogP contribution in [0.2, 0.25) is 36.3 Å². The van der Waals surface area contributed by atoms with E-state index in [1.165, 1.54) is 13.1 Å². The Morgan fingerprint density at radius 3 is 2.11 bits per heavy atom. The van der Waals surface area contributed by atoms with Crippen LogP contribution in [0.15, 0.2) is 15.8 Å². The summed E-state index contributed by atoms with van der Waals surface area (Å²) in [5.41, 5.74) is -2.81. The van der Waals surface area contributed by atoms with Gasteiger partial charge < -0.3 is 18.7 Å². The van der Waals surface area contributed by atoms with E-state index < -0.39 is 51.9 Å². The first-order valence-corrected chi connectivity index (χ1v) is 18.4. The summed E-state index contributed by atoms with van der Waals surface area (Å²) in [6.07, 6.45) is -1.82. The summed E-state index contributed by atoms with van der Waals surface area (Å²) >= 11 is 0. The topological polar surface area (TPSA) is 120 Å². The highest BCUT2D eigenvalue weighted by atomic mass is 28.4. The van der Waals surface area contributed by atoms with Crippen molar-refractivity contribution < 1.29 is 23.5 Å². The number of hydrogen-bond acceptors (Lipinski definition) is 7. The second-order valence-electron chi connectivity index (χ2n) is 13.2. The van der Waals surface area contributed by atoms with Crippen molar-refractivity contribution in [1.82, 2.24) is 9.55 Å². The number of rotatable bonds is 8. The maximum Gasteiger partial charge on any atom is 0.330 e. The van der Waals surface area contributed by atoms with Gasteiger partial charge in [-0.3, -0.25) is 19.1 Å². The largest absolute Gasteiger partial charge is 0.414 e. The lowest BCUT2D eigenvalue weighted by atomic mass is 9.89. The zero-order valence-electron chi connectivity index (χ0n) is 24.1. The van der Waals surface area contributed by atoms with Crippen LogP contribution in [0.4, 0.5) is 0 Å². The molecule has 0 radical (unpaired) electrons. The number of carbonyl (C=O) groups excluding carboxylic acids is 1. The quantitative estimate of drug-likeness (QED) is 0.479. The first-order valence-electron chi connectivity index (χ1n) is 12.5. The van der Waals surface area contributed by atoms with Gasteiger partial charge in [0.25, 0.3) is 5.56 Å². The van der Waals surface area contributed by atoms with Crippen LogP contribution >= 0.6 is 0 Å². The number of hydrogen-bond donors (Lipinski definition) is 2. The van der Waals surface area contributed by atoms with E-state index in [0.717, 1.165) is 4.57 Å². The molecule has 2 N–H and O–H groups in total. The van der Waals surface area contributed by atoms with Crippen molar-refractivity contribution in [2.75, 3.05) is 6.61 Å². The standard InChI is InChI=1S/C25H46N2O7Si2/c1-16-14-27(22(30)26-20(16)29)21-25(31,13-17(2)28)19(34-36(11,12)24(6,7)8)18(33-21)15-32-35(9,10)23(3,4)5/h14,18-19,21,31H,13,15H2,1-12H3,(H,26,29,30)/t18-,19+,21-,25+/m1/s1. The van der Waals surface area contributed by atoms with Crippen molar-refractivity contribution in [1.29, 1.82) is 0 Å². The first kappa shape index (κ1) is 30.8. The Kier molecular flexibility index (Phi) is 8.63. The number of H-pyrrole nitrogens is 1. The molecule has 0 aliphatic carbocycles. The van der Waals surface area contributed by atoms with Crippen LogP contribution < -0.4 is 11.2 Å². The van der Waals surface area contributed by atoms with E-state index in [9.17, 15) is 19.5 Å². The van der Waals surface area contributed by atoms with E-state index >= 15 is 0 Å². The summed E-state index contributed by atoms with van der Waals surface area (Å²) in [6.45, 7) is 24.2. The lowest BCUT2D eigenvalue weighted by Gasteiger charge is -2.43. The minimum atomic E-state index is -2.47. The minimum absolute atomic E-state index is 0.0521. The lowest BCUT2D eigenvalue weighted by Crippen LogP contribution is -2.57. The number of aromatic nitrogens is 2. The molecule has 2 heterocycles. The second-order valence-corrected chi connectivity index (χ2v) is 22.8. The fourth-order valence-electron chi connectivity index (χ4n) is 3.78. The molecule has 1 aromatic heterocycles. The zero-order valence-corrected chi connectivity index (χ0v) is 26.1. The Hall–Kier alpha value is -1.38. The molecule has 0 spiro atoms. The Labute approximate surface area is 216 Å². The monoisotopic (exact) mass is 542 g/mol. The molecule has 1 saturated heterocycles. The maximum absolute atomic E-state index is 12.8. The molecule has 0 unspecified atom stereocenters. The molecule has 0 amide bonds. The van der Waals surface area contributed by atoms with Crippen LogP contribution in [-0.2, 0) is 18.4 Å². The molecule has 1 aliphatic rings. The minimum Gasteiger partial charge on any atom is -0.414 e. The predicted octanol–water partition coefficient (Wildman–Crippen LogP) is 3.86. The van der Waals surface area contributed by atoms with E-state index in [4.69, 9.17) is 13.6 Å². The Morgan fingerprint density at radius 1 is 1.11 bits per heavy atom. The van der Waals surface area contributed by atoms with E-state index in [0.29, 0.717) is 0 Å². The Balaban J connectivity index is 2.66. The Bertz CT molecular complexity index is 1080. The van der Waals surface area contributed by atoms with E-state index in [2.05, 4.69) is 72.7 Å². The number of aromatic amines is 1. The lowest BCUT2D eigenvalue weighted by molar-refractivity contribution is -0.138. The number of ether oxygens (including phenoxy) is 1. The van der Waals surface area contributed by atoms with Crippen LogP contribution in [0.3, 0.4) is 0 Å². The normalized spacial score (nSPS) is 25.9. The number of carbonyl (C=O) groups is 1. The average Bonchev–Trinajstić information content (AvgIpc) is 2.92. The highest BCUT2D eigenvalue weighted by molar-refractivity contribution is 6.74. The number of nitrogens with zero attached hydrogens (tertiary/aromatic N) is 1. The highest BCUT2D eigenvalue weighted by Crippen LogP contribution is 2.47. The van der Waals surface area contributed by atoms with Gasteiger partial charge in [0.2, 0.25) is 0 Å². The molecular weight excluding hydrogens is 496 g/mol. The summed E-state index contributed by atoms with van der Waals surface area (Å²) in [6, 6.07) is 0. The summed E-state index contributed by atoms with van der Waals surface area (Å²) < 4.78 is 20.7. The van der Waals surface area contributed by atoms with Gasteiger partial charge in [-0.2, -0.15) is 0 Å². The van der Waals surface area contributed by atoms with Gasteiger partial charge in [-0.05, 0) is 50.1 Å². The van der Waals surface area contributed by atoms with Crippen LogP contribution in [0.25, 0.3) is 0 Å². The molecular formula is C25H46N2O7Si2. The van der Waals surface area contributed by atoms with Gasteiger partial charge >= 0.3 is 5.69 Å². The number of Topliss-reactive ketones (excluding diaryl/α,β-unsaturated/α-hetero) is 1. The SMILES string of the molecule is CC(=O)C[C@]1(O)[C@@H](O[Si](C)(C)C(C)(C)C)[C@@H](CO[Si](C)(C)C(C)(C)C)O[C@H]1n1cc(C)c(=O)[nH]c1=O. The molecule has 11 heteroatoms. The van der Waals surface area contributed by atoms with Crippen molar-refractivity contribution in [2.24, 2.45) is 0 Å². The van der Waals surface area contributed by atoms with Gasteiger partial charge in [-0.15, -0.1) is 0 Å². The number of nitrogens with one attached hydrogen (secondary N) is 1. The summed E-state index contributed by atoms with van der Waals surface area (Å²) in [5, 5.41) is 11.9. The van der Waals surface area contributed by atoms with Gasteiger partial charge in [0.05, 0.1) is 6.61 Å². The molecule has 1 aromatic rings. The van der Waals surface area contributed by atoms with Gasteiger partial charge in [-0.1, -0.05) is 41.5 Å². The Morgan fingerprint density at radius 2 is 1.64 bits per heavy atom. The van der Waals surface area contributed by atoms with Crippen molar-refractivity contribution in [3.8, 4) is 0 Å². The van der Waals surface area contributed by atoms with Crippen LogP contribution in [0, 0.1) is 6.92 Å². The molecule has 9 nitrogen and oxygen atoms in total. The van der Waals surface area contributed by atoms with Gasteiger partial charge in [-0.25, -0.2) is 4.79 Å². The maximum atomic E-state index is 12.8. The molecule has 206 valence electrons. The van der Waals surface area contributed by atoms with Gasteiger partial charge in [0.15, 0.2) is 22.9 Å². The molecule has 4 atom stereocenters. The van der Waals surface area contributed by atoms with Crippen LogP contribution in [0.1, 0.15) is 66.7 Å². The van der Waals surface area contributed by atoms with Crippen molar-refractivity contribution >= 4 is 22.4 Å². The van der Waals surface area contributed by atoms with E-state index in [-0.39, 0.29) is 34.5 Å². The van der Waals surface area contributed by atoms with Gasteiger partial charge in [0.1, 0.15) is 23.6 Å². The fourth-order valence-corrected chi connectivity index (χ4v) is 6.13. The molecule has 1 fully saturated rings. The third-order valence-corrected chi connectivity index (χ3v) is 17.1. The third kappa shape index (κ3) is 6.19. The molecule has 0 saturated carbocycles. The van der Waals surface area contributed by atoms with Crippen molar-refractivity contribution in [3.05, 3.63) is 32.6 Å². The predicted molar refractivity (Wildman–Crippen MR) is 145 cm³/mol. The second kappa shape index (κ2) is 10.1. The van der Waals surface area contributed by atoms with Gasteiger partial charge in [0, 0.05) is 18.2 Å². The number of aliphatic hydroxyl groups is 1. The fraction of sp³-hybridized carbons (Fsp3) is 0.800. The molecule has 0 bridgehead atoms. The van der Waals surface area contributed by atoms with Crippen LogP contribution in [0.5, 0.6) is 0 Å². The smallest absolute Gasteiger partial charge is 0.330 e. The summed E-state index contributed by atoms with van der Waals surface area (Å²) in [7, 11) is -4.66. The molecule has 0 aromatic carbocycles. The van der Waals surface area contributed by atoms with E-state index in [1.807, 2.05) is 0 Å². The number of aryl methyl sites for hydroxylation is 1. The molecule has 1 aliphatic heterocycles.